The number of carbonyl (C=O) groups excluding carboxylic acids is 2. The van der Waals surface area contributed by atoms with Crippen molar-refractivity contribution in [2.24, 2.45) is 5.92 Å². The lowest BCUT2D eigenvalue weighted by atomic mass is 10.1. The normalized spacial score (nSPS) is 20.7. The fraction of sp³-hybridized carbons (Fsp3) is 0.333. The molecule has 2 amide bonds. The van der Waals surface area contributed by atoms with Gasteiger partial charge in [0.25, 0.3) is 0 Å². The van der Waals surface area contributed by atoms with E-state index >= 15 is 0 Å². The molecule has 0 spiro atoms. The summed E-state index contributed by atoms with van der Waals surface area (Å²) in [5.41, 5.74) is -0.899. The first-order valence-corrected chi connectivity index (χ1v) is 5.35. The minimum absolute atomic E-state index is 0.0239. The third-order valence-electron chi connectivity index (χ3n) is 2.80. The summed E-state index contributed by atoms with van der Waals surface area (Å²) in [5, 5.41) is 0. The largest absolute Gasteiger partial charge is 0.416 e. The molecule has 0 aromatic heterocycles. The molecule has 0 aliphatic carbocycles. The van der Waals surface area contributed by atoms with Crippen LogP contribution in [0.25, 0.3) is 0 Å². The number of carbonyl (C=O) groups is 2. The summed E-state index contributed by atoms with van der Waals surface area (Å²) in [6, 6.07) is 4.22. The Hall–Kier alpha value is -1.85. The lowest BCUT2D eigenvalue weighted by molar-refractivity contribution is -0.137. The number of benzene rings is 1. The van der Waals surface area contributed by atoms with E-state index in [4.69, 9.17) is 0 Å². The highest BCUT2D eigenvalue weighted by Gasteiger charge is 2.38. The molecule has 1 atom stereocenters. The average Bonchev–Trinajstić information content (AvgIpc) is 2.52. The maximum absolute atomic E-state index is 12.5. The molecule has 1 aromatic rings. The average molecular weight is 257 g/mol. The second-order valence-electron chi connectivity index (χ2n) is 4.22. The highest BCUT2D eigenvalue weighted by Crippen LogP contribution is 2.33. The van der Waals surface area contributed by atoms with Crippen LogP contribution < -0.4 is 4.90 Å². The van der Waals surface area contributed by atoms with E-state index in [9.17, 15) is 22.8 Å². The minimum Gasteiger partial charge on any atom is -0.274 e. The van der Waals surface area contributed by atoms with Crippen molar-refractivity contribution in [1.82, 2.24) is 0 Å². The molecule has 1 aliphatic rings. The van der Waals surface area contributed by atoms with Gasteiger partial charge in [-0.1, -0.05) is 13.0 Å². The Morgan fingerprint density at radius 2 is 1.94 bits per heavy atom. The molecule has 0 bridgehead atoms. The third-order valence-corrected chi connectivity index (χ3v) is 2.80. The van der Waals surface area contributed by atoms with Gasteiger partial charge in [0, 0.05) is 12.3 Å². The summed E-state index contributed by atoms with van der Waals surface area (Å²) >= 11 is 0. The van der Waals surface area contributed by atoms with Crippen LogP contribution in [0.4, 0.5) is 18.9 Å². The fourth-order valence-corrected chi connectivity index (χ4v) is 1.88. The lowest BCUT2D eigenvalue weighted by Crippen LogP contribution is -2.30. The predicted molar refractivity (Wildman–Crippen MR) is 57.7 cm³/mol. The van der Waals surface area contributed by atoms with E-state index in [1.807, 2.05) is 0 Å². The molecule has 2 rings (SSSR count). The molecule has 1 aliphatic heterocycles. The van der Waals surface area contributed by atoms with Gasteiger partial charge >= 0.3 is 6.18 Å². The molecule has 0 saturated carbocycles. The van der Waals surface area contributed by atoms with Crippen LogP contribution in [0.3, 0.4) is 0 Å². The van der Waals surface area contributed by atoms with Crippen molar-refractivity contribution in [3.05, 3.63) is 29.8 Å². The number of alkyl halides is 3. The number of rotatable bonds is 1. The Labute approximate surface area is 101 Å². The van der Waals surface area contributed by atoms with Gasteiger partial charge in [-0.2, -0.15) is 13.2 Å². The van der Waals surface area contributed by atoms with Gasteiger partial charge < -0.3 is 0 Å². The molecule has 1 aromatic carbocycles. The quantitative estimate of drug-likeness (QED) is 0.725. The highest BCUT2D eigenvalue weighted by molar-refractivity contribution is 6.20. The van der Waals surface area contributed by atoms with Gasteiger partial charge in [-0.25, -0.2) is 0 Å². The number of anilines is 1. The van der Waals surface area contributed by atoms with Crippen molar-refractivity contribution in [1.29, 1.82) is 0 Å². The fourth-order valence-electron chi connectivity index (χ4n) is 1.88. The van der Waals surface area contributed by atoms with Crippen molar-refractivity contribution in [3.63, 3.8) is 0 Å². The molecule has 18 heavy (non-hydrogen) atoms. The van der Waals surface area contributed by atoms with Gasteiger partial charge in [0.1, 0.15) is 0 Å². The van der Waals surface area contributed by atoms with Gasteiger partial charge in [-0.05, 0) is 18.2 Å². The number of hydrogen-bond donors (Lipinski definition) is 0. The zero-order valence-electron chi connectivity index (χ0n) is 9.49. The summed E-state index contributed by atoms with van der Waals surface area (Å²) in [4.78, 5) is 24.1. The van der Waals surface area contributed by atoms with Crippen LogP contribution in [-0.2, 0) is 15.8 Å². The Balaban J connectivity index is 2.41. The monoisotopic (exact) mass is 257 g/mol. The molecule has 1 unspecified atom stereocenters. The smallest absolute Gasteiger partial charge is 0.274 e. The van der Waals surface area contributed by atoms with Crippen LogP contribution >= 0.6 is 0 Å². The molecule has 0 N–H and O–H groups in total. The second-order valence-corrected chi connectivity index (χ2v) is 4.22. The number of imide groups is 1. The lowest BCUT2D eigenvalue weighted by Gasteiger charge is -2.16. The molecular formula is C12H10F3NO2. The van der Waals surface area contributed by atoms with Crippen LogP contribution in [0.5, 0.6) is 0 Å². The highest BCUT2D eigenvalue weighted by atomic mass is 19.4. The molecule has 1 saturated heterocycles. The topological polar surface area (TPSA) is 37.4 Å². The summed E-state index contributed by atoms with van der Waals surface area (Å²) in [7, 11) is 0. The van der Waals surface area contributed by atoms with Crippen LogP contribution in [0.2, 0.25) is 0 Å². The van der Waals surface area contributed by atoms with Gasteiger partial charge in [-0.3, -0.25) is 14.5 Å². The number of hydrogen-bond acceptors (Lipinski definition) is 2. The van der Waals surface area contributed by atoms with Gasteiger partial charge in [-0.15, -0.1) is 0 Å². The zero-order chi connectivity index (χ0) is 13.5. The van der Waals surface area contributed by atoms with E-state index in [-0.39, 0.29) is 12.1 Å². The SMILES string of the molecule is CC1CC(=O)N(c2cccc(C(F)(F)F)c2)C1=O. The first-order chi connectivity index (χ1) is 8.30. The third kappa shape index (κ3) is 2.10. The van der Waals surface area contributed by atoms with Crippen LogP contribution in [0.1, 0.15) is 18.9 Å². The van der Waals surface area contributed by atoms with Gasteiger partial charge in [0.15, 0.2) is 0 Å². The van der Waals surface area contributed by atoms with Crippen molar-refractivity contribution < 1.29 is 22.8 Å². The van der Waals surface area contributed by atoms with Gasteiger partial charge in [0.2, 0.25) is 11.8 Å². The molecule has 1 heterocycles. The first-order valence-electron chi connectivity index (χ1n) is 5.35. The van der Waals surface area contributed by atoms with Crippen molar-refractivity contribution in [3.8, 4) is 0 Å². The minimum atomic E-state index is -4.49. The molecule has 3 nitrogen and oxygen atoms in total. The van der Waals surface area contributed by atoms with Crippen molar-refractivity contribution in [2.45, 2.75) is 19.5 Å². The van der Waals surface area contributed by atoms with E-state index in [1.165, 1.54) is 12.1 Å². The van der Waals surface area contributed by atoms with Crippen LogP contribution in [0, 0.1) is 5.92 Å². The Morgan fingerprint density at radius 1 is 1.28 bits per heavy atom. The molecule has 0 radical (unpaired) electrons. The Morgan fingerprint density at radius 3 is 2.44 bits per heavy atom. The number of halogens is 3. The molecular weight excluding hydrogens is 247 g/mol. The maximum atomic E-state index is 12.5. The second kappa shape index (κ2) is 4.12. The van der Waals surface area contributed by atoms with Crippen molar-refractivity contribution in [2.75, 3.05) is 4.90 Å². The summed E-state index contributed by atoms with van der Waals surface area (Å²) in [6.45, 7) is 1.58. The first kappa shape index (κ1) is 12.6. The summed E-state index contributed by atoms with van der Waals surface area (Å²) in [6.07, 6.45) is -4.46. The summed E-state index contributed by atoms with van der Waals surface area (Å²) in [5.74, 6) is -1.40. The molecule has 96 valence electrons. The van der Waals surface area contributed by atoms with E-state index in [2.05, 4.69) is 0 Å². The number of amides is 2. The zero-order valence-corrected chi connectivity index (χ0v) is 9.49. The Bertz CT molecular complexity index is 510. The maximum Gasteiger partial charge on any atom is 0.416 e. The predicted octanol–water partition coefficient (Wildman–Crippen LogP) is 2.60. The molecule has 1 fully saturated rings. The van der Waals surface area contributed by atoms with Crippen molar-refractivity contribution >= 4 is 17.5 Å². The molecule has 6 heteroatoms. The van der Waals surface area contributed by atoms with E-state index in [0.29, 0.717) is 0 Å². The van der Waals surface area contributed by atoms with E-state index < -0.39 is 29.5 Å². The van der Waals surface area contributed by atoms with Crippen LogP contribution in [-0.4, -0.2) is 11.8 Å². The van der Waals surface area contributed by atoms with E-state index in [1.54, 1.807) is 6.92 Å². The Kier molecular flexibility index (Phi) is 2.88. The summed E-state index contributed by atoms with van der Waals surface area (Å²) < 4.78 is 37.6. The van der Waals surface area contributed by atoms with Gasteiger partial charge in [0.05, 0.1) is 11.3 Å². The number of nitrogens with zero attached hydrogens (tertiary/aromatic N) is 1. The van der Waals surface area contributed by atoms with Crippen LogP contribution in [0.15, 0.2) is 24.3 Å². The van der Waals surface area contributed by atoms with E-state index in [0.717, 1.165) is 17.0 Å². The standard InChI is InChI=1S/C12H10F3NO2/c1-7-5-10(17)16(11(7)18)9-4-2-3-8(6-9)12(13,14)15/h2-4,6-7H,5H2,1H3.